The molecular formula is C13H25O5P. The molecule has 112 valence electrons. The lowest BCUT2D eigenvalue weighted by Crippen LogP contribution is -2.43. The van der Waals surface area contributed by atoms with Crippen molar-refractivity contribution in [1.29, 1.82) is 0 Å². The molecule has 3 heterocycles. The predicted octanol–water partition coefficient (Wildman–Crippen LogP) is 4.11. The van der Waals surface area contributed by atoms with Crippen LogP contribution in [0.1, 0.15) is 71.1 Å². The Hall–Kier alpha value is 0.0700. The average molecular weight is 292 g/mol. The molecule has 0 aromatic heterocycles. The molecule has 0 amide bonds. The van der Waals surface area contributed by atoms with Gasteiger partial charge in [0.15, 0.2) is 6.10 Å². The van der Waals surface area contributed by atoms with Crippen molar-refractivity contribution in [3.05, 3.63) is 0 Å². The van der Waals surface area contributed by atoms with Crippen LogP contribution >= 0.6 is 7.82 Å². The first-order valence-corrected chi connectivity index (χ1v) is 8.96. The molecule has 3 fully saturated rings. The molecular weight excluding hydrogens is 267 g/mol. The van der Waals surface area contributed by atoms with Gasteiger partial charge in [-0.2, -0.15) is 0 Å². The minimum Gasteiger partial charge on any atom is -0.341 e. The van der Waals surface area contributed by atoms with Gasteiger partial charge in [0, 0.05) is 0 Å². The fourth-order valence-electron chi connectivity index (χ4n) is 2.59. The number of hydrogen-bond donors (Lipinski definition) is 1. The van der Waals surface area contributed by atoms with Crippen LogP contribution in [0.3, 0.4) is 0 Å². The van der Waals surface area contributed by atoms with Crippen LogP contribution in [-0.4, -0.2) is 17.2 Å². The number of rotatable bonds is 10. The first-order chi connectivity index (χ1) is 9.08. The summed E-state index contributed by atoms with van der Waals surface area (Å²) in [4.78, 5) is 0. The summed E-state index contributed by atoms with van der Waals surface area (Å²) in [6, 6.07) is 0. The van der Waals surface area contributed by atoms with Gasteiger partial charge in [0.25, 0.3) is 0 Å². The summed E-state index contributed by atoms with van der Waals surface area (Å²) in [6.45, 7) is 2.23. The lowest BCUT2D eigenvalue weighted by molar-refractivity contribution is -0.324. The van der Waals surface area contributed by atoms with Crippen molar-refractivity contribution in [3.63, 3.8) is 0 Å². The Kier molecular flexibility index (Phi) is 5.44. The second-order valence-corrected chi connectivity index (χ2v) is 6.94. The maximum absolute atomic E-state index is 11.3. The quantitative estimate of drug-likeness (QED) is 0.485. The highest BCUT2D eigenvalue weighted by atomic mass is 31.2. The van der Waals surface area contributed by atoms with Gasteiger partial charge in [0.2, 0.25) is 0 Å². The first kappa shape index (κ1) is 15.5. The Bertz CT molecular complexity index is 323. The molecule has 1 unspecified atom stereocenters. The Morgan fingerprint density at radius 3 is 2.00 bits per heavy atom. The van der Waals surface area contributed by atoms with Crippen LogP contribution in [0.15, 0.2) is 0 Å². The van der Waals surface area contributed by atoms with Gasteiger partial charge >= 0.3 is 13.8 Å². The summed E-state index contributed by atoms with van der Waals surface area (Å²) < 4.78 is 25.9. The van der Waals surface area contributed by atoms with Crippen molar-refractivity contribution < 1.29 is 23.2 Å². The molecule has 6 heteroatoms. The normalized spacial score (nSPS) is 36.4. The lowest BCUT2D eigenvalue weighted by atomic mass is 10.0. The van der Waals surface area contributed by atoms with Gasteiger partial charge < -0.3 is 5.11 Å². The number of unbranched alkanes of at least 4 members (excludes halogenated alkanes) is 8. The molecule has 19 heavy (non-hydrogen) atoms. The van der Waals surface area contributed by atoms with Gasteiger partial charge in [-0.05, 0) is 6.42 Å². The van der Waals surface area contributed by atoms with E-state index in [1.807, 2.05) is 0 Å². The topological polar surface area (TPSA) is 65.0 Å². The van der Waals surface area contributed by atoms with Crippen LogP contribution in [0.25, 0.3) is 0 Å². The molecule has 0 spiro atoms. The van der Waals surface area contributed by atoms with Crippen LogP contribution in [-0.2, 0) is 18.1 Å². The van der Waals surface area contributed by atoms with Crippen LogP contribution in [0.2, 0.25) is 0 Å². The zero-order chi connectivity index (χ0) is 13.8. The Morgan fingerprint density at radius 1 is 1.00 bits per heavy atom. The van der Waals surface area contributed by atoms with Crippen molar-refractivity contribution in [3.8, 4) is 0 Å². The summed E-state index contributed by atoms with van der Waals surface area (Å²) in [5.74, 6) is -1.73. The van der Waals surface area contributed by atoms with Gasteiger partial charge in [-0.1, -0.05) is 64.7 Å². The number of aliphatic hydroxyl groups is 1. The molecule has 3 aliphatic heterocycles. The minimum absolute atomic E-state index is 0.581. The molecule has 0 aromatic carbocycles. The number of phosphoric ester groups is 1. The molecule has 0 aliphatic carbocycles. The van der Waals surface area contributed by atoms with E-state index in [1.54, 1.807) is 0 Å². The van der Waals surface area contributed by atoms with E-state index in [1.165, 1.54) is 44.9 Å². The van der Waals surface area contributed by atoms with Crippen LogP contribution in [0, 0.1) is 0 Å². The monoisotopic (exact) mass is 292 g/mol. The Morgan fingerprint density at radius 2 is 1.53 bits per heavy atom. The van der Waals surface area contributed by atoms with Crippen LogP contribution < -0.4 is 0 Å². The fourth-order valence-corrected chi connectivity index (χ4v) is 4.11. The molecule has 1 atom stereocenters. The molecule has 1 N–H and O–H groups in total. The standard InChI is InChI=1S/C13H25O5P/c1-2-3-4-5-6-7-8-9-10-11-12-13(14)17-19(15,16-12)18-13/h12,14H,2-11H2,1H3. The van der Waals surface area contributed by atoms with Crippen molar-refractivity contribution in [2.75, 3.05) is 0 Å². The van der Waals surface area contributed by atoms with Crippen molar-refractivity contribution in [2.24, 2.45) is 0 Å². The molecule has 0 radical (unpaired) electrons. The number of phosphoric acid groups is 1. The van der Waals surface area contributed by atoms with Crippen molar-refractivity contribution in [2.45, 2.75) is 83.2 Å². The van der Waals surface area contributed by atoms with E-state index < -0.39 is 19.9 Å². The van der Waals surface area contributed by atoms with E-state index >= 15 is 0 Å². The van der Waals surface area contributed by atoms with Gasteiger partial charge in [-0.15, -0.1) is 0 Å². The molecule has 3 rings (SSSR count). The SMILES string of the molecule is CCCCCCCCCCCC1OP2(=O)OC1(O)O2. The molecule has 3 saturated heterocycles. The van der Waals surface area contributed by atoms with Gasteiger partial charge in [-0.3, -0.25) is 4.52 Å². The largest absolute Gasteiger partial charge is 0.484 e. The number of hydrogen-bond acceptors (Lipinski definition) is 5. The van der Waals surface area contributed by atoms with E-state index in [9.17, 15) is 9.67 Å². The number of fused-ring (bicyclic) bond motifs is 1. The van der Waals surface area contributed by atoms with Gasteiger partial charge in [0.1, 0.15) is 0 Å². The predicted molar refractivity (Wildman–Crippen MR) is 71.4 cm³/mol. The zero-order valence-corrected chi connectivity index (χ0v) is 12.6. The lowest BCUT2D eigenvalue weighted by Gasteiger charge is -2.29. The summed E-state index contributed by atoms with van der Waals surface area (Å²) in [5, 5.41) is 9.67. The third-order valence-electron chi connectivity index (χ3n) is 3.72. The molecule has 0 aromatic rings. The minimum atomic E-state index is -3.35. The first-order valence-electron chi connectivity index (χ1n) is 7.50. The smallest absolute Gasteiger partial charge is 0.341 e. The Balaban J connectivity index is 1.44. The Labute approximate surface area is 115 Å². The molecule has 0 saturated carbocycles. The van der Waals surface area contributed by atoms with E-state index in [2.05, 4.69) is 6.92 Å². The van der Waals surface area contributed by atoms with Gasteiger partial charge in [0.05, 0.1) is 0 Å². The van der Waals surface area contributed by atoms with Crippen LogP contribution in [0.4, 0.5) is 0 Å². The second kappa shape index (κ2) is 6.68. The molecule has 5 nitrogen and oxygen atoms in total. The van der Waals surface area contributed by atoms with Crippen molar-refractivity contribution >= 4 is 7.82 Å². The van der Waals surface area contributed by atoms with Crippen LogP contribution in [0.5, 0.6) is 0 Å². The second-order valence-electron chi connectivity index (χ2n) is 5.47. The van der Waals surface area contributed by atoms with E-state index in [0.717, 1.165) is 12.8 Å². The zero-order valence-electron chi connectivity index (χ0n) is 11.7. The maximum Gasteiger partial charge on any atom is 0.484 e. The van der Waals surface area contributed by atoms with E-state index in [-0.39, 0.29) is 0 Å². The highest BCUT2D eigenvalue weighted by Crippen LogP contribution is 2.73. The van der Waals surface area contributed by atoms with Crippen molar-refractivity contribution in [1.82, 2.24) is 0 Å². The molecule has 3 aliphatic rings. The van der Waals surface area contributed by atoms with E-state index in [4.69, 9.17) is 13.6 Å². The van der Waals surface area contributed by atoms with Gasteiger partial charge in [-0.25, -0.2) is 13.6 Å². The summed E-state index contributed by atoms with van der Waals surface area (Å²) >= 11 is 0. The highest BCUT2D eigenvalue weighted by Gasteiger charge is 2.70. The third kappa shape index (κ3) is 4.02. The molecule has 2 bridgehead atoms. The summed E-state index contributed by atoms with van der Waals surface area (Å²) in [6.07, 6.45) is 11.2. The van der Waals surface area contributed by atoms with E-state index in [0.29, 0.717) is 6.42 Å². The fraction of sp³-hybridized carbons (Fsp3) is 1.00. The summed E-state index contributed by atoms with van der Waals surface area (Å²) in [5.41, 5.74) is 0. The average Bonchev–Trinajstić information content (AvgIpc) is 2.72. The highest BCUT2D eigenvalue weighted by molar-refractivity contribution is 7.50. The maximum atomic E-state index is 11.3. The summed E-state index contributed by atoms with van der Waals surface area (Å²) in [7, 11) is -3.35. The third-order valence-corrected chi connectivity index (χ3v) is 5.20.